The van der Waals surface area contributed by atoms with Crippen LogP contribution in [-0.4, -0.2) is 0 Å². The van der Waals surface area contributed by atoms with Gasteiger partial charge in [-0.2, -0.15) is 13.2 Å². The van der Waals surface area contributed by atoms with Crippen molar-refractivity contribution in [3.63, 3.8) is 0 Å². The predicted molar refractivity (Wildman–Crippen MR) is 50.7 cm³/mol. The second-order valence-electron chi connectivity index (χ2n) is 2.73. The summed E-state index contributed by atoms with van der Waals surface area (Å²) in [6.45, 7) is 0. The lowest BCUT2D eigenvalue weighted by molar-refractivity contribution is -0.137. The standard InChI is InChI=1S/C9H3ClF3S/c10-7-4-8-5(1-2-14-8)3-6(7)9(11,12)13/h1,3-4H. The van der Waals surface area contributed by atoms with Gasteiger partial charge in [0.15, 0.2) is 0 Å². The number of alkyl halides is 3. The van der Waals surface area contributed by atoms with Gasteiger partial charge in [-0.3, -0.25) is 0 Å². The first kappa shape index (κ1) is 9.80. The third-order valence-electron chi connectivity index (χ3n) is 1.79. The molecule has 0 N–H and O–H groups in total. The minimum atomic E-state index is -4.40. The largest absolute Gasteiger partial charge is 0.417 e. The van der Waals surface area contributed by atoms with Gasteiger partial charge in [0, 0.05) is 10.1 Å². The normalized spacial score (nSPS) is 12.3. The Balaban J connectivity index is 2.71. The third-order valence-corrected chi connectivity index (χ3v) is 2.91. The van der Waals surface area contributed by atoms with E-state index in [-0.39, 0.29) is 5.02 Å². The molecule has 1 aromatic carbocycles. The molecule has 73 valence electrons. The molecule has 0 bridgehead atoms. The number of hydrogen-bond donors (Lipinski definition) is 0. The van der Waals surface area contributed by atoms with Crippen molar-refractivity contribution in [3.8, 4) is 0 Å². The van der Waals surface area contributed by atoms with Gasteiger partial charge in [-0.15, -0.1) is 11.3 Å². The number of thiophene rings is 1. The Bertz CT molecular complexity index is 472. The highest BCUT2D eigenvalue weighted by Gasteiger charge is 2.33. The first-order chi connectivity index (χ1) is 6.48. The van der Waals surface area contributed by atoms with Crippen molar-refractivity contribution in [2.24, 2.45) is 0 Å². The van der Waals surface area contributed by atoms with E-state index < -0.39 is 11.7 Å². The van der Waals surface area contributed by atoms with Crippen molar-refractivity contribution < 1.29 is 13.2 Å². The van der Waals surface area contributed by atoms with E-state index in [1.165, 1.54) is 23.5 Å². The van der Waals surface area contributed by atoms with E-state index >= 15 is 0 Å². The highest BCUT2D eigenvalue weighted by molar-refractivity contribution is 7.16. The molecule has 0 amide bonds. The molecule has 0 fully saturated rings. The van der Waals surface area contributed by atoms with E-state index in [1.54, 1.807) is 0 Å². The quantitative estimate of drug-likeness (QED) is 0.636. The van der Waals surface area contributed by atoms with Gasteiger partial charge in [0.05, 0.1) is 10.6 Å². The molecular formula is C9H3ClF3S. The molecule has 0 unspecified atom stereocenters. The zero-order valence-electron chi connectivity index (χ0n) is 6.65. The van der Waals surface area contributed by atoms with E-state index in [4.69, 9.17) is 11.6 Å². The molecule has 1 radical (unpaired) electrons. The molecule has 0 saturated heterocycles. The van der Waals surface area contributed by atoms with Crippen molar-refractivity contribution in [2.75, 3.05) is 0 Å². The highest BCUT2D eigenvalue weighted by atomic mass is 35.5. The third kappa shape index (κ3) is 1.60. The average molecular weight is 236 g/mol. The first-order valence-electron chi connectivity index (χ1n) is 3.65. The lowest BCUT2D eigenvalue weighted by atomic mass is 10.1. The summed E-state index contributed by atoms with van der Waals surface area (Å²) < 4.78 is 37.9. The molecule has 0 aliphatic carbocycles. The van der Waals surface area contributed by atoms with E-state index in [0.717, 1.165) is 6.07 Å². The van der Waals surface area contributed by atoms with E-state index in [0.29, 0.717) is 10.1 Å². The van der Waals surface area contributed by atoms with Gasteiger partial charge >= 0.3 is 6.18 Å². The van der Waals surface area contributed by atoms with Gasteiger partial charge in [0.1, 0.15) is 0 Å². The zero-order chi connectivity index (χ0) is 10.3. The molecule has 5 heteroatoms. The Morgan fingerprint density at radius 2 is 2.00 bits per heavy atom. The summed E-state index contributed by atoms with van der Waals surface area (Å²) in [4.78, 5) is 0. The maximum Gasteiger partial charge on any atom is 0.417 e. The van der Waals surface area contributed by atoms with Crippen LogP contribution in [0.15, 0.2) is 18.2 Å². The van der Waals surface area contributed by atoms with Crippen LogP contribution >= 0.6 is 22.9 Å². The van der Waals surface area contributed by atoms with Crippen molar-refractivity contribution in [1.29, 1.82) is 0 Å². The van der Waals surface area contributed by atoms with E-state index in [9.17, 15) is 13.2 Å². The van der Waals surface area contributed by atoms with E-state index in [2.05, 4.69) is 5.38 Å². The molecule has 1 aromatic heterocycles. The monoisotopic (exact) mass is 235 g/mol. The van der Waals surface area contributed by atoms with Crippen molar-refractivity contribution in [1.82, 2.24) is 0 Å². The Morgan fingerprint density at radius 1 is 1.29 bits per heavy atom. The van der Waals surface area contributed by atoms with Gasteiger partial charge in [-0.1, -0.05) is 11.6 Å². The van der Waals surface area contributed by atoms with Gasteiger partial charge in [-0.25, -0.2) is 0 Å². The van der Waals surface area contributed by atoms with Gasteiger partial charge in [-0.05, 0) is 23.6 Å². The molecule has 2 rings (SSSR count). The number of halogens is 4. The molecule has 0 aliphatic heterocycles. The number of fused-ring (bicyclic) bond motifs is 1. The Hall–Kier alpha value is -0.740. The van der Waals surface area contributed by atoms with Crippen LogP contribution in [0.4, 0.5) is 13.2 Å². The topological polar surface area (TPSA) is 0 Å². The molecular weight excluding hydrogens is 233 g/mol. The van der Waals surface area contributed by atoms with Crippen LogP contribution < -0.4 is 0 Å². The number of rotatable bonds is 0. The van der Waals surface area contributed by atoms with Crippen LogP contribution in [0.3, 0.4) is 0 Å². The fourth-order valence-corrected chi connectivity index (χ4v) is 2.21. The van der Waals surface area contributed by atoms with Gasteiger partial charge in [0.2, 0.25) is 0 Å². The Kier molecular flexibility index (Phi) is 2.20. The van der Waals surface area contributed by atoms with Crippen molar-refractivity contribution in [2.45, 2.75) is 6.18 Å². The molecule has 1 heterocycles. The first-order valence-corrected chi connectivity index (χ1v) is 4.84. The van der Waals surface area contributed by atoms with Gasteiger partial charge in [0.25, 0.3) is 0 Å². The van der Waals surface area contributed by atoms with Crippen LogP contribution in [-0.2, 0) is 6.18 Å². The summed E-state index contributed by atoms with van der Waals surface area (Å²) in [5.74, 6) is 0. The summed E-state index contributed by atoms with van der Waals surface area (Å²) in [6.07, 6.45) is -4.40. The van der Waals surface area contributed by atoms with Crippen molar-refractivity contribution >= 4 is 33.0 Å². The van der Waals surface area contributed by atoms with Crippen LogP contribution in [0.5, 0.6) is 0 Å². The molecule has 0 nitrogen and oxygen atoms in total. The lowest BCUT2D eigenvalue weighted by Gasteiger charge is -2.08. The summed E-state index contributed by atoms with van der Waals surface area (Å²) in [7, 11) is 0. The van der Waals surface area contributed by atoms with Crippen LogP contribution in [0.25, 0.3) is 10.1 Å². The predicted octanol–water partition coefficient (Wildman–Crippen LogP) is 4.37. The summed E-state index contributed by atoms with van der Waals surface area (Å²) in [5.41, 5.74) is -0.793. The summed E-state index contributed by atoms with van der Waals surface area (Å²) in [5, 5.41) is 3.02. The Morgan fingerprint density at radius 3 is 2.64 bits per heavy atom. The molecule has 14 heavy (non-hydrogen) atoms. The minimum absolute atomic E-state index is 0.263. The molecule has 0 atom stereocenters. The maximum absolute atomic E-state index is 12.4. The fourth-order valence-electron chi connectivity index (χ4n) is 1.15. The SMILES string of the molecule is FC(F)(F)c1cc2c[c]sc2cc1Cl. The molecule has 0 saturated carbocycles. The average Bonchev–Trinajstić information content (AvgIpc) is 2.47. The zero-order valence-corrected chi connectivity index (χ0v) is 8.22. The maximum atomic E-state index is 12.4. The Labute approximate surface area is 86.9 Å². The number of hydrogen-bond acceptors (Lipinski definition) is 1. The van der Waals surface area contributed by atoms with Gasteiger partial charge < -0.3 is 0 Å². The fraction of sp³-hybridized carbons (Fsp3) is 0.111. The lowest BCUT2D eigenvalue weighted by Crippen LogP contribution is -2.05. The minimum Gasteiger partial charge on any atom is -0.166 e. The summed E-state index contributed by atoms with van der Waals surface area (Å²) in [6, 6.07) is 3.89. The van der Waals surface area contributed by atoms with Crippen LogP contribution in [0.1, 0.15) is 5.56 Å². The van der Waals surface area contributed by atoms with Crippen LogP contribution in [0.2, 0.25) is 5.02 Å². The van der Waals surface area contributed by atoms with E-state index in [1.807, 2.05) is 0 Å². The molecule has 0 aliphatic rings. The second-order valence-corrected chi connectivity index (χ2v) is 4.02. The summed E-state index contributed by atoms with van der Waals surface area (Å²) >= 11 is 6.76. The number of benzene rings is 1. The van der Waals surface area contributed by atoms with Crippen LogP contribution in [0, 0.1) is 5.38 Å². The highest BCUT2D eigenvalue weighted by Crippen LogP contribution is 2.38. The molecule has 0 spiro atoms. The van der Waals surface area contributed by atoms with Crippen molar-refractivity contribution in [3.05, 3.63) is 34.2 Å². The molecule has 2 aromatic rings. The smallest absolute Gasteiger partial charge is 0.166 e. The second kappa shape index (κ2) is 3.14.